The first-order chi connectivity index (χ1) is 5.11. The van der Waals surface area contributed by atoms with E-state index in [2.05, 4.69) is 4.98 Å². The Labute approximate surface area is 70.4 Å². The van der Waals surface area contributed by atoms with Crippen molar-refractivity contribution in [2.75, 3.05) is 5.73 Å². The van der Waals surface area contributed by atoms with Crippen molar-refractivity contribution in [1.82, 2.24) is 4.98 Å². The molecule has 1 aromatic heterocycles. The minimum Gasteiger partial charge on any atom is -0.383 e. The van der Waals surface area contributed by atoms with Crippen molar-refractivity contribution < 1.29 is 0 Å². The van der Waals surface area contributed by atoms with Crippen LogP contribution in [0.25, 0.3) is 0 Å². The first kappa shape index (κ1) is 8.30. The Morgan fingerprint density at radius 1 is 1.64 bits per heavy atom. The second-order valence-corrected chi connectivity index (χ2v) is 2.85. The Balaban J connectivity index is 3.13. The van der Waals surface area contributed by atoms with Gasteiger partial charge in [0.1, 0.15) is 5.82 Å². The molecule has 1 rings (SSSR count). The monoisotopic (exact) mass is 171 g/mol. The average molecular weight is 172 g/mol. The maximum absolute atomic E-state index is 5.69. The molecule has 0 fully saturated rings. The van der Waals surface area contributed by atoms with E-state index in [9.17, 15) is 0 Å². The van der Waals surface area contributed by atoms with Gasteiger partial charge in [0.15, 0.2) is 0 Å². The van der Waals surface area contributed by atoms with Gasteiger partial charge in [-0.25, -0.2) is 4.98 Å². The van der Waals surface area contributed by atoms with Crippen LogP contribution in [0.15, 0.2) is 12.3 Å². The van der Waals surface area contributed by atoms with Crippen LogP contribution in [0, 0.1) is 0 Å². The normalized spacial score (nSPS) is 13.0. The maximum Gasteiger partial charge on any atom is 0.128 e. The molecule has 1 aromatic rings. The second kappa shape index (κ2) is 3.07. The van der Waals surface area contributed by atoms with Crippen molar-refractivity contribution in [2.45, 2.75) is 13.0 Å². The van der Waals surface area contributed by atoms with E-state index < -0.39 is 0 Å². The van der Waals surface area contributed by atoms with Crippen molar-refractivity contribution in [1.29, 1.82) is 0 Å². The van der Waals surface area contributed by atoms with Gasteiger partial charge in [0, 0.05) is 17.8 Å². The van der Waals surface area contributed by atoms with Gasteiger partial charge in [-0.3, -0.25) is 0 Å². The fourth-order valence-corrected chi connectivity index (χ4v) is 0.997. The van der Waals surface area contributed by atoms with Gasteiger partial charge in [-0.15, -0.1) is 0 Å². The number of nitrogen functional groups attached to an aromatic ring is 1. The number of halogens is 1. The molecule has 0 spiro atoms. The Bertz CT molecular complexity index is 260. The van der Waals surface area contributed by atoms with Crippen LogP contribution in [-0.4, -0.2) is 4.98 Å². The van der Waals surface area contributed by atoms with Crippen LogP contribution >= 0.6 is 11.6 Å². The number of nitrogens with zero attached hydrogens (tertiary/aromatic N) is 1. The minimum atomic E-state index is -0.124. The predicted molar refractivity (Wildman–Crippen MR) is 46.3 cm³/mol. The van der Waals surface area contributed by atoms with Gasteiger partial charge in [-0.05, 0) is 13.0 Å². The summed E-state index contributed by atoms with van der Waals surface area (Å²) in [7, 11) is 0. The average Bonchev–Trinajstić information content (AvgIpc) is 1.94. The quantitative estimate of drug-likeness (QED) is 0.670. The SMILES string of the molecule is CC(N)c1cc(Cl)cnc1N. The zero-order chi connectivity index (χ0) is 8.43. The lowest BCUT2D eigenvalue weighted by Gasteiger charge is -2.07. The maximum atomic E-state index is 5.69. The Hall–Kier alpha value is -0.800. The van der Waals surface area contributed by atoms with Crippen molar-refractivity contribution in [3.63, 3.8) is 0 Å². The summed E-state index contributed by atoms with van der Waals surface area (Å²) in [5.74, 6) is 0.449. The Morgan fingerprint density at radius 2 is 2.27 bits per heavy atom. The molecule has 0 radical (unpaired) electrons. The van der Waals surface area contributed by atoms with E-state index in [-0.39, 0.29) is 6.04 Å². The molecule has 3 nitrogen and oxygen atoms in total. The smallest absolute Gasteiger partial charge is 0.128 e. The van der Waals surface area contributed by atoms with E-state index in [0.717, 1.165) is 5.56 Å². The zero-order valence-electron chi connectivity index (χ0n) is 6.21. The molecular formula is C7H10ClN3. The van der Waals surface area contributed by atoms with Crippen LogP contribution in [0.2, 0.25) is 5.02 Å². The molecule has 0 aliphatic heterocycles. The Kier molecular flexibility index (Phi) is 2.31. The lowest BCUT2D eigenvalue weighted by Crippen LogP contribution is -2.09. The second-order valence-electron chi connectivity index (χ2n) is 2.42. The molecule has 4 N–H and O–H groups in total. The topological polar surface area (TPSA) is 64.9 Å². The van der Waals surface area contributed by atoms with Gasteiger partial charge in [0.2, 0.25) is 0 Å². The summed E-state index contributed by atoms with van der Waals surface area (Å²) in [6.45, 7) is 1.84. The molecular weight excluding hydrogens is 162 g/mol. The summed E-state index contributed by atoms with van der Waals surface area (Å²) in [5, 5.41) is 0.562. The van der Waals surface area contributed by atoms with Gasteiger partial charge in [-0.1, -0.05) is 11.6 Å². The summed E-state index contributed by atoms with van der Waals surface area (Å²) in [5.41, 5.74) is 11.9. The standard InChI is InChI=1S/C7H10ClN3/c1-4(9)6-2-5(8)3-11-7(6)10/h2-4H,9H2,1H3,(H2,10,11). The third kappa shape index (κ3) is 1.82. The number of pyridine rings is 1. The molecule has 1 atom stereocenters. The number of anilines is 1. The van der Waals surface area contributed by atoms with Crippen molar-refractivity contribution >= 4 is 17.4 Å². The number of nitrogens with two attached hydrogens (primary N) is 2. The van der Waals surface area contributed by atoms with Gasteiger partial charge >= 0.3 is 0 Å². The highest BCUT2D eigenvalue weighted by Crippen LogP contribution is 2.19. The molecule has 0 saturated heterocycles. The predicted octanol–water partition coefficient (Wildman–Crippen LogP) is 1.34. The van der Waals surface area contributed by atoms with Crippen molar-refractivity contribution in [3.8, 4) is 0 Å². The van der Waals surface area contributed by atoms with E-state index in [0.29, 0.717) is 10.8 Å². The third-order valence-electron chi connectivity index (χ3n) is 1.41. The van der Waals surface area contributed by atoms with Gasteiger partial charge in [-0.2, -0.15) is 0 Å². The van der Waals surface area contributed by atoms with E-state index in [4.69, 9.17) is 23.1 Å². The molecule has 0 aromatic carbocycles. The van der Waals surface area contributed by atoms with Crippen LogP contribution in [0.5, 0.6) is 0 Å². The molecule has 0 aliphatic rings. The van der Waals surface area contributed by atoms with E-state index >= 15 is 0 Å². The molecule has 1 unspecified atom stereocenters. The number of hydrogen-bond acceptors (Lipinski definition) is 3. The van der Waals surface area contributed by atoms with E-state index in [1.54, 1.807) is 6.07 Å². The molecule has 0 amide bonds. The summed E-state index contributed by atoms with van der Waals surface area (Å²) >= 11 is 5.69. The van der Waals surface area contributed by atoms with Crippen LogP contribution in [0.4, 0.5) is 5.82 Å². The van der Waals surface area contributed by atoms with Gasteiger partial charge in [0.05, 0.1) is 5.02 Å². The minimum absolute atomic E-state index is 0.124. The fourth-order valence-electron chi connectivity index (χ4n) is 0.830. The highest BCUT2D eigenvalue weighted by Gasteiger charge is 2.05. The lowest BCUT2D eigenvalue weighted by atomic mass is 10.1. The fraction of sp³-hybridized carbons (Fsp3) is 0.286. The first-order valence-corrected chi connectivity index (χ1v) is 3.65. The first-order valence-electron chi connectivity index (χ1n) is 3.27. The lowest BCUT2D eigenvalue weighted by molar-refractivity contribution is 0.816. The summed E-state index contributed by atoms with van der Waals surface area (Å²) in [6, 6.07) is 1.61. The highest BCUT2D eigenvalue weighted by atomic mass is 35.5. The summed E-state index contributed by atoms with van der Waals surface area (Å²) in [6.07, 6.45) is 1.50. The molecule has 4 heteroatoms. The summed E-state index contributed by atoms with van der Waals surface area (Å²) in [4.78, 5) is 3.87. The molecule has 0 saturated carbocycles. The van der Waals surface area contributed by atoms with Crippen LogP contribution < -0.4 is 11.5 Å². The third-order valence-corrected chi connectivity index (χ3v) is 1.61. The molecule has 60 valence electrons. The van der Waals surface area contributed by atoms with E-state index in [1.165, 1.54) is 6.20 Å². The summed E-state index contributed by atoms with van der Waals surface area (Å²) < 4.78 is 0. The Morgan fingerprint density at radius 3 is 2.73 bits per heavy atom. The molecule has 11 heavy (non-hydrogen) atoms. The molecule has 1 heterocycles. The van der Waals surface area contributed by atoms with Crippen LogP contribution in [-0.2, 0) is 0 Å². The van der Waals surface area contributed by atoms with Gasteiger partial charge in [0.25, 0.3) is 0 Å². The van der Waals surface area contributed by atoms with Gasteiger partial charge < -0.3 is 11.5 Å². The number of hydrogen-bond donors (Lipinski definition) is 2. The van der Waals surface area contributed by atoms with E-state index in [1.807, 2.05) is 6.92 Å². The van der Waals surface area contributed by atoms with Crippen molar-refractivity contribution in [2.24, 2.45) is 5.73 Å². The largest absolute Gasteiger partial charge is 0.383 e. The van der Waals surface area contributed by atoms with Crippen molar-refractivity contribution in [3.05, 3.63) is 22.8 Å². The van der Waals surface area contributed by atoms with Crippen LogP contribution in [0.1, 0.15) is 18.5 Å². The number of aromatic nitrogens is 1. The molecule has 0 bridgehead atoms. The zero-order valence-corrected chi connectivity index (χ0v) is 6.97. The van der Waals surface area contributed by atoms with Crippen LogP contribution in [0.3, 0.4) is 0 Å². The molecule has 0 aliphatic carbocycles. The number of rotatable bonds is 1. The highest BCUT2D eigenvalue weighted by molar-refractivity contribution is 6.30.